The Balaban J connectivity index is 2.32. The molecule has 2 N–H and O–H groups in total. The Labute approximate surface area is 69.8 Å². The molecule has 1 fully saturated rings. The molecule has 1 aliphatic heterocycles. The molecule has 0 aromatic carbocycles. The lowest BCUT2D eigenvalue weighted by Crippen LogP contribution is -2.52. The Morgan fingerprint density at radius 2 is 1.91 bits per heavy atom. The van der Waals surface area contributed by atoms with Gasteiger partial charge in [-0.1, -0.05) is 20.8 Å². The third kappa shape index (κ3) is 2.46. The highest BCUT2D eigenvalue weighted by Crippen LogP contribution is 2.14. The second kappa shape index (κ2) is 4.07. The van der Waals surface area contributed by atoms with Gasteiger partial charge in [-0.2, -0.15) is 0 Å². The van der Waals surface area contributed by atoms with Gasteiger partial charge in [0.1, 0.15) is 0 Å². The molecule has 1 heterocycles. The van der Waals surface area contributed by atoms with E-state index in [1.807, 2.05) is 0 Å². The molecule has 2 atom stereocenters. The van der Waals surface area contributed by atoms with Crippen molar-refractivity contribution in [3.63, 3.8) is 0 Å². The molecule has 11 heavy (non-hydrogen) atoms. The van der Waals surface area contributed by atoms with E-state index in [1.54, 1.807) is 0 Å². The summed E-state index contributed by atoms with van der Waals surface area (Å²) >= 11 is 0. The molecular weight excluding hydrogens is 136 g/mol. The minimum atomic E-state index is 0.684. The minimum absolute atomic E-state index is 0.684. The monoisotopic (exact) mass is 156 g/mol. The van der Waals surface area contributed by atoms with Crippen molar-refractivity contribution >= 4 is 0 Å². The van der Waals surface area contributed by atoms with Crippen LogP contribution in [0.4, 0.5) is 0 Å². The topological polar surface area (TPSA) is 24.1 Å². The van der Waals surface area contributed by atoms with Crippen molar-refractivity contribution in [1.82, 2.24) is 10.6 Å². The van der Waals surface area contributed by atoms with Gasteiger partial charge in [-0.3, -0.25) is 0 Å². The smallest absolute Gasteiger partial charge is 0.0221 e. The fourth-order valence-electron chi connectivity index (χ4n) is 1.51. The molecule has 66 valence electrons. The standard InChI is InChI=1S/C9H20N2/c1-7(2)8(3)9-6-10-4-5-11-9/h7-11H,4-6H2,1-3H3/t8?,9-/m1/s1. The maximum Gasteiger partial charge on any atom is 0.0221 e. The number of hydrogen-bond donors (Lipinski definition) is 2. The molecule has 0 aliphatic carbocycles. The fourth-order valence-corrected chi connectivity index (χ4v) is 1.51. The van der Waals surface area contributed by atoms with Gasteiger partial charge in [-0.15, -0.1) is 0 Å². The SMILES string of the molecule is CC(C)C(C)[C@H]1CNCCN1. The largest absolute Gasteiger partial charge is 0.314 e. The van der Waals surface area contributed by atoms with Crippen LogP contribution in [0.15, 0.2) is 0 Å². The van der Waals surface area contributed by atoms with Gasteiger partial charge in [-0.25, -0.2) is 0 Å². The first-order chi connectivity index (χ1) is 5.22. The van der Waals surface area contributed by atoms with E-state index in [0.29, 0.717) is 6.04 Å². The van der Waals surface area contributed by atoms with E-state index in [1.165, 1.54) is 0 Å². The van der Waals surface area contributed by atoms with Crippen LogP contribution >= 0.6 is 0 Å². The Morgan fingerprint density at radius 3 is 2.36 bits per heavy atom. The van der Waals surface area contributed by atoms with Gasteiger partial charge in [0.25, 0.3) is 0 Å². The molecule has 0 spiro atoms. The highest BCUT2D eigenvalue weighted by Gasteiger charge is 2.20. The predicted octanol–water partition coefficient (Wildman–Crippen LogP) is 0.840. The van der Waals surface area contributed by atoms with Crippen LogP contribution in [0.1, 0.15) is 20.8 Å². The van der Waals surface area contributed by atoms with Crippen LogP contribution in [0.5, 0.6) is 0 Å². The van der Waals surface area contributed by atoms with Gasteiger partial charge in [0.05, 0.1) is 0 Å². The molecule has 2 nitrogen and oxygen atoms in total. The lowest BCUT2D eigenvalue weighted by molar-refractivity contribution is 0.268. The van der Waals surface area contributed by atoms with Gasteiger partial charge in [0.2, 0.25) is 0 Å². The number of piperazine rings is 1. The number of rotatable bonds is 2. The van der Waals surface area contributed by atoms with E-state index in [2.05, 4.69) is 31.4 Å². The second-order valence-electron chi connectivity index (χ2n) is 3.87. The zero-order valence-corrected chi connectivity index (χ0v) is 7.85. The Hall–Kier alpha value is -0.0800. The summed E-state index contributed by atoms with van der Waals surface area (Å²) in [6.45, 7) is 10.3. The lowest BCUT2D eigenvalue weighted by atomic mass is 9.89. The van der Waals surface area contributed by atoms with Crippen molar-refractivity contribution < 1.29 is 0 Å². The van der Waals surface area contributed by atoms with Gasteiger partial charge < -0.3 is 10.6 Å². The summed E-state index contributed by atoms with van der Waals surface area (Å²) in [4.78, 5) is 0. The average Bonchev–Trinajstić information content (AvgIpc) is 2.05. The lowest BCUT2D eigenvalue weighted by Gasteiger charge is -2.31. The molecule has 1 aliphatic rings. The first-order valence-electron chi connectivity index (χ1n) is 4.66. The Morgan fingerprint density at radius 1 is 1.18 bits per heavy atom. The third-order valence-electron chi connectivity index (χ3n) is 2.76. The molecule has 0 aromatic heterocycles. The summed E-state index contributed by atoms with van der Waals surface area (Å²) in [5, 5.41) is 6.95. The van der Waals surface area contributed by atoms with Gasteiger partial charge in [-0.05, 0) is 11.8 Å². The minimum Gasteiger partial charge on any atom is -0.314 e. The van der Waals surface area contributed by atoms with Gasteiger partial charge >= 0.3 is 0 Å². The van der Waals surface area contributed by atoms with Gasteiger partial charge in [0, 0.05) is 25.7 Å². The van der Waals surface area contributed by atoms with E-state index >= 15 is 0 Å². The summed E-state index contributed by atoms with van der Waals surface area (Å²) in [5.74, 6) is 1.56. The summed E-state index contributed by atoms with van der Waals surface area (Å²) in [5.41, 5.74) is 0. The van der Waals surface area contributed by atoms with Crippen molar-refractivity contribution in [3.05, 3.63) is 0 Å². The van der Waals surface area contributed by atoms with Crippen molar-refractivity contribution in [2.75, 3.05) is 19.6 Å². The van der Waals surface area contributed by atoms with Crippen LogP contribution in [0.25, 0.3) is 0 Å². The predicted molar refractivity (Wildman–Crippen MR) is 48.7 cm³/mol. The molecule has 1 saturated heterocycles. The number of nitrogens with one attached hydrogen (secondary N) is 2. The van der Waals surface area contributed by atoms with Crippen LogP contribution in [0.3, 0.4) is 0 Å². The number of hydrogen-bond acceptors (Lipinski definition) is 2. The van der Waals surface area contributed by atoms with Gasteiger partial charge in [0.15, 0.2) is 0 Å². The van der Waals surface area contributed by atoms with Crippen LogP contribution in [0.2, 0.25) is 0 Å². The molecule has 0 saturated carbocycles. The van der Waals surface area contributed by atoms with Crippen LogP contribution in [-0.4, -0.2) is 25.7 Å². The summed E-state index contributed by atoms with van der Waals surface area (Å²) in [7, 11) is 0. The fraction of sp³-hybridized carbons (Fsp3) is 1.00. The third-order valence-corrected chi connectivity index (χ3v) is 2.76. The summed E-state index contributed by atoms with van der Waals surface area (Å²) in [6, 6.07) is 0.684. The molecular formula is C9H20N2. The van der Waals surface area contributed by atoms with Crippen molar-refractivity contribution in [3.8, 4) is 0 Å². The maximum atomic E-state index is 3.54. The quantitative estimate of drug-likeness (QED) is 0.619. The summed E-state index contributed by atoms with van der Waals surface area (Å²) < 4.78 is 0. The second-order valence-corrected chi connectivity index (χ2v) is 3.87. The molecule has 1 unspecified atom stereocenters. The van der Waals surface area contributed by atoms with E-state index in [0.717, 1.165) is 31.5 Å². The van der Waals surface area contributed by atoms with Crippen molar-refractivity contribution in [1.29, 1.82) is 0 Å². The molecule has 0 bridgehead atoms. The van der Waals surface area contributed by atoms with Crippen LogP contribution < -0.4 is 10.6 Å². The highest BCUT2D eigenvalue weighted by atomic mass is 15.1. The van der Waals surface area contributed by atoms with E-state index in [9.17, 15) is 0 Å². The summed E-state index contributed by atoms with van der Waals surface area (Å²) in [6.07, 6.45) is 0. The van der Waals surface area contributed by atoms with E-state index in [4.69, 9.17) is 0 Å². The molecule has 0 radical (unpaired) electrons. The molecule has 0 aromatic rings. The molecule has 2 heteroatoms. The average molecular weight is 156 g/mol. The van der Waals surface area contributed by atoms with Crippen molar-refractivity contribution in [2.45, 2.75) is 26.8 Å². The van der Waals surface area contributed by atoms with Crippen LogP contribution in [0, 0.1) is 11.8 Å². The zero-order chi connectivity index (χ0) is 8.27. The normalized spacial score (nSPS) is 28.9. The first kappa shape index (κ1) is 9.01. The van der Waals surface area contributed by atoms with E-state index in [-0.39, 0.29) is 0 Å². The first-order valence-corrected chi connectivity index (χ1v) is 4.66. The Bertz CT molecular complexity index is 106. The maximum absolute atomic E-state index is 3.54. The van der Waals surface area contributed by atoms with E-state index < -0.39 is 0 Å². The molecule has 1 rings (SSSR count). The van der Waals surface area contributed by atoms with Crippen molar-refractivity contribution in [2.24, 2.45) is 11.8 Å². The zero-order valence-electron chi connectivity index (χ0n) is 7.85. The Kier molecular flexibility index (Phi) is 3.34. The highest BCUT2D eigenvalue weighted by molar-refractivity contribution is 4.81. The van der Waals surface area contributed by atoms with Crippen LogP contribution in [-0.2, 0) is 0 Å². The molecule has 0 amide bonds.